The number of aryl methyl sites for hydroxylation is 1. The van der Waals surface area contributed by atoms with Gasteiger partial charge in [0.1, 0.15) is 0 Å². The first-order valence-corrected chi connectivity index (χ1v) is 12.0. The van der Waals surface area contributed by atoms with Gasteiger partial charge in [0, 0.05) is 54.2 Å². The number of rotatable bonds is 4. The number of nitrogens with one attached hydrogen (secondary N) is 2. The number of hydrogen-bond donors (Lipinski definition) is 2. The van der Waals surface area contributed by atoms with Gasteiger partial charge in [0.05, 0.1) is 30.0 Å². The molecule has 0 spiro atoms. The Kier molecular flexibility index (Phi) is 5.61. The van der Waals surface area contributed by atoms with E-state index in [2.05, 4.69) is 68.7 Å². The molecule has 2 aromatic heterocycles. The number of morpholine rings is 1. The summed E-state index contributed by atoms with van der Waals surface area (Å²) in [4.78, 5) is 23.3. The van der Waals surface area contributed by atoms with E-state index in [0.29, 0.717) is 0 Å². The maximum absolute atomic E-state index is 12.6. The molecule has 0 saturated carbocycles. The van der Waals surface area contributed by atoms with Gasteiger partial charge in [0.15, 0.2) is 0 Å². The number of aromatic amines is 1. The molecule has 0 atom stereocenters. The van der Waals surface area contributed by atoms with Gasteiger partial charge in [-0.1, -0.05) is 42.5 Å². The average molecular weight is 453 g/mol. The number of hydrogen-bond acceptors (Lipinski definition) is 4. The molecule has 6 nitrogen and oxygen atoms in total. The van der Waals surface area contributed by atoms with Crippen molar-refractivity contribution in [1.29, 1.82) is 0 Å². The first kappa shape index (κ1) is 21.1. The normalized spacial score (nSPS) is 17.2. The van der Waals surface area contributed by atoms with Gasteiger partial charge in [0.2, 0.25) is 0 Å². The second-order valence-electron chi connectivity index (χ2n) is 9.12. The fraction of sp³-hybridized carbons (Fsp3) is 0.286. The molecule has 34 heavy (non-hydrogen) atoms. The molecular weight excluding hydrogens is 424 g/mol. The van der Waals surface area contributed by atoms with Crippen molar-refractivity contribution >= 4 is 39.7 Å². The highest BCUT2D eigenvalue weighted by Crippen LogP contribution is 2.31. The van der Waals surface area contributed by atoms with Gasteiger partial charge in [-0.05, 0) is 36.1 Å². The first-order chi connectivity index (χ1) is 16.7. The van der Waals surface area contributed by atoms with E-state index in [1.807, 2.05) is 12.3 Å². The molecule has 1 amide bonds. The van der Waals surface area contributed by atoms with Crippen LogP contribution in [-0.4, -0.2) is 53.6 Å². The zero-order valence-corrected chi connectivity index (χ0v) is 19.1. The number of amides is 1. The summed E-state index contributed by atoms with van der Waals surface area (Å²) in [6.07, 6.45) is 7.92. The average Bonchev–Trinajstić information content (AvgIpc) is 3.15. The lowest BCUT2D eigenvalue weighted by Crippen LogP contribution is -2.35. The highest BCUT2D eigenvalue weighted by atomic mass is 16.5. The molecule has 2 N–H and O–H groups in total. The first-order valence-electron chi connectivity index (χ1n) is 12.0. The Bertz CT molecular complexity index is 1400. The van der Waals surface area contributed by atoms with Gasteiger partial charge in [-0.15, -0.1) is 0 Å². The number of pyridine rings is 1. The second-order valence-corrected chi connectivity index (χ2v) is 9.12. The Labute approximate surface area is 198 Å². The van der Waals surface area contributed by atoms with E-state index < -0.39 is 0 Å². The maximum atomic E-state index is 12.6. The molecule has 4 heterocycles. The fourth-order valence-corrected chi connectivity index (χ4v) is 5.04. The topological polar surface area (TPSA) is 70.2 Å². The molecule has 0 aliphatic carbocycles. The minimum atomic E-state index is 0.0178. The Morgan fingerprint density at radius 1 is 1.06 bits per heavy atom. The summed E-state index contributed by atoms with van der Waals surface area (Å²) in [6, 6.07) is 14.9. The van der Waals surface area contributed by atoms with Gasteiger partial charge in [0.25, 0.3) is 5.91 Å². The predicted molar refractivity (Wildman–Crippen MR) is 136 cm³/mol. The Morgan fingerprint density at radius 3 is 2.88 bits per heavy atom. The van der Waals surface area contributed by atoms with Crippen LogP contribution in [-0.2, 0) is 17.7 Å². The van der Waals surface area contributed by atoms with Crippen molar-refractivity contribution < 1.29 is 9.53 Å². The molecule has 2 aromatic carbocycles. The number of fused-ring (bicyclic) bond motifs is 5. The molecule has 0 radical (unpaired) electrons. The van der Waals surface area contributed by atoms with Crippen LogP contribution in [0, 0.1) is 0 Å². The molecule has 1 fully saturated rings. The van der Waals surface area contributed by atoms with Crippen LogP contribution in [0.2, 0.25) is 0 Å². The molecule has 2 aliphatic rings. The number of benzene rings is 2. The molecule has 2 aliphatic heterocycles. The smallest absolute Gasteiger partial charge is 0.253 e. The van der Waals surface area contributed by atoms with E-state index in [9.17, 15) is 4.79 Å². The standard InChI is InChI=1S/C28H28N4O2/c33-28-26-23-9-7-21-17-30-22(16-24(21)27(23)31-25(26)5-2-10-29-28)8-6-19-3-1-4-20(15-19)18-32-11-13-34-14-12-32/h1,3-4,6-9,15-17,31H,2,5,10-14,18H2,(H,29,33)/b8-6+. The summed E-state index contributed by atoms with van der Waals surface area (Å²) in [6.45, 7) is 5.27. The largest absolute Gasteiger partial charge is 0.379 e. The van der Waals surface area contributed by atoms with Crippen LogP contribution in [0.1, 0.15) is 39.3 Å². The van der Waals surface area contributed by atoms with E-state index in [1.165, 1.54) is 5.56 Å². The lowest BCUT2D eigenvalue weighted by molar-refractivity contribution is 0.0342. The fourth-order valence-electron chi connectivity index (χ4n) is 5.04. The van der Waals surface area contributed by atoms with Gasteiger partial charge in [-0.25, -0.2) is 0 Å². The van der Waals surface area contributed by atoms with Crippen LogP contribution < -0.4 is 5.32 Å². The summed E-state index contributed by atoms with van der Waals surface area (Å²) in [5, 5.41) is 6.16. The number of nitrogens with zero attached hydrogens (tertiary/aromatic N) is 2. The second kappa shape index (κ2) is 9.05. The minimum Gasteiger partial charge on any atom is -0.379 e. The van der Waals surface area contributed by atoms with E-state index in [4.69, 9.17) is 4.74 Å². The van der Waals surface area contributed by atoms with Gasteiger partial charge in [-0.2, -0.15) is 0 Å². The maximum Gasteiger partial charge on any atom is 0.253 e. The van der Waals surface area contributed by atoms with E-state index >= 15 is 0 Å². The quantitative estimate of drug-likeness (QED) is 0.482. The Morgan fingerprint density at radius 2 is 1.97 bits per heavy atom. The molecule has 4 aromatic rings. The van der Waals surface area contributed by atoms with Gasteiger partial charge >= 0.3 is 0 Å². The summed E-state index contributed by atoms with van der Waals surface area (Å²) >= 11 is 0. The summed E-state index contributed by atoms with van der Waals surface area (Å²) in [5.74, 6) is 0.0178. The van der Waals surface area contributed by atoms with Gasteiger partial charge < -0.3 is 15.0 Å². The highest BCUT2D eigenvalue weighted by molar-refractivity contribution is 6.15. The Hall–Kier alpha value is -3.48. The van der Waals surface area contributed by atoms with Crippen molar-refractivity contribution in [3.05, 3.63) is 76.7 Å². The minimum absolute atomic E-state index is 0.0178. The van der Waals surface area contributed by atoms with E-state index in [1.54, 1.807) is 0 Å². The van der Waals surface area contributed by atoms with Crippen molar-refractivity contribution in [2.75, 3.05) is 32.8 Å². The summed E-state index contributed by atoms with van der Waals surface area (Å²) in [7, 11) is 0. The SMILES string of the molecule is O=C1NCCCc2[nH]c3c(ccc4cnc(/C=C/c5cccc(CN6CCOCC6)c5)cc43)c21. The third-order valence-corrected chi connectivity index (χ3v) is 6.79. The van der Waals surface area contributed by atoms with Crippen LogP contribution in [0.25, 0.3) is 33.8 Å². The summed E-state index contributed by atoms with van der Waals surface area (Å²) in [5.41, 5.74) is 6.21. The lowest BCUT2D eigenvalue weighted by atomic mass is 10.0. The zero-order chi connectivity index (χ0) is 22.9. The van der Waals surface area contributed by atoms with Crippen LogP contribution in [0.3, 0.4) is 0 Å². The molecule has 0 bridgehead atoms. The van der Waals surface area contributed by atoms with Crippen molar-refractivity contribution in [3.63, 3.8) is 0 Å². The summed E-state index contributed by atoms with van der Waals surface area (Å²) < 4.78 is 5.46. The predicted octanol–water partition coefficient (Wildman–Crippen LogP) is 4.39. The number of carbonyl (C=O) groups excluding carboxylic acids is 1. The van der Waals surface area contributed by atoms with Crippen LogP contribution in [0.15, 0.2) is 48.7 Å². The van der Waals surface area contributed by atoms with Crippen LogP contribution >= 0.6 is 0 Å². The molecule has 172 valence electrons. The number of carbonyl (C=O) groups is 1. The van der Waals surface area contributed by atoms with Crippen LogP contribution in [0.4, 0.5) is 0 Å². The molecule has 6 heteroatoms. The van der Waals surface area contributed by atoms with Crippen molar-refractivity contribution in [2.45, 2.75) is 19.4 Å². The monoisotopic (exact) mass is 452 g/mol. The Balaban J connectivity index is 1.30. The van der Waals surface area contributed by atoms with Crippen LogP contribution in [0.5, 0.6) is 0 Å². The highest BCUT2D eigenvalue weighted by Gasteiger charge is 2.21. The lowest BCUT2D eigenvalue weighted by Gasteiger charge is -2.26. The van der Waals surface area contributed by atoms with Crippen molar-refractivity contribution in [1.82, 2.24) is 20.2 Å². The third-order valence-electron chi connectivity index (χ3n) is 6.79. The van der Waals surface area contributed by atoms with E-state index in [-0.39, 0.29) is 5.91 Å². The van der Waals surface area contributed by atoms with E-state index in [0.717, 1.165) is 96.4 Å². The van der Waals surface area contributed by atoms with Crippen molar-refractivity contribution in [2.24, 2.45) is 0 Å². The molecule has 1 saturated heterocycles. The van der Waals surface area contributed by atoms with Crippen molar-refractivity contribution in [3.8, 4) is 0 Å². The van der Waals surface area contributed by atoms with Gasteiger partial charge in [-0.3, -0.25) is 14.7 Å². The zero-order valence-electron chi connectivity index (χ0n) is 19.1. The third kappa shape index (κ3) is 4.11. The molecule has 6 rings (SSSR count). The molecule has 0 unspecified atom stereocenters. The number of H-pyrrole nitrogens is 1. The number of ether oxygens (including phenoxy) is 1. The number of aromatic nitrogens is 2. The molecular formula is C28H28N4O2.